The molecule has 108 valence electrons. The summed E-state index contributed by atoms with van der Waals surface area (Å²) >= 11 is 4.63. The standard InChI is InChI=1S/C7H5F3S.C5H5.2CO.Fe/c8-7(9,10)5-1-3-6(11)4-2-5;1-2-4-5-3-1;2*1-2;/h1-4,11H;1-5H;;;/q;-1;;;+6/p-1. The molecule has 2 nitrogen and oxygen atoms in total. The first-order valence-electron chi connectivity index (χ1n) is 4.92. The van der Waals surface area contributed by atoms with Gasteiger partial charge in [-0.3, -0.25) is 0 Å². The molecule has 2 rings (SSSR count). The van der Waals surface area contributed by atoms with Gasteiger partial charge >= 0.3 is 45.9 Å². The molecule has 0 aliphatic carbocycles. The maximum atomic E-state index is 11.9. The molecule has 0 amide bonds. The summed E-state index contributed by atoms with van der Waals surface area (Å²) in [6.45, 7) is 9.00. The van der Waals surface area contributed by atoms with E-state index in [0.717, 1.165) is 12.1 Å². The van der Waals surface area contributed by atoms with Gasteiger partial charge in [0.25, 0.3) is 0 Å². The minimum Gasteiger partial charge on any atom is -0.214 e. The topological polar surface area (TPSA) is 39.8 Å². The van der Waals surface area contributed by atoms with Gasteiger partial charge in [0.1, 0.15) is 0 Å². The van der Waals surface area contributed by atoms with E-state index in [2.05, 4.69) is 25.9 Å². The monoisotopic (exact) mass is 354 g/mol. The second-order valence-corrected chi connectivity index (χ2v) is 3.46. The van der Waals surface area contributed by atoms with Gasteiger partial charge in [-0.2, -0.15) is 36.3 Å². The molecule has 0 aliphatic rings. The van der Waals surface area contributed by atoms with Gasteiger partial charge in [-0.25, -0.2) is 12.1 Å². The van der Waals surface area contributed by atoms with Gasteiger partial charge in [0.05, 0.1) is 5.56 Å². The molecule has 0 radical (unpaired) electrons. The Morgan fingerprint density at radius 3 is 1.52 bits per heavy atom. The molecule has 0 aliphatic heterocycles. The smallest absolute Gasteiger partial charge is 0.214 e. The molecule has 0 heterocycles. The molecular weight excluding hydrogens is 345 g/mol. The number of rotatable bonds is 0. The molecule has 0 saturated carbocycles. The summed E-state index contributed by atoms with van der Waals surface area (Å²) in [7, 11) is 0. The average molecular weight is 354 g/mol. The van der Waals surface area contributed by atoms with E-state index in [1.165, 1.54) is 12.1 Å². The minimum atomic E-state index is -4.26. The summed E-state index contributed by atoms with van der Waals surface area (Å²) in [5, 5.41) is 0. The molecule has 0 bridgehead atoms. The SMILES string of the molecule is FC(F)(F)c1ccc([S-])cc1.[C-]#[O+].[C-]#[O+].[Fe+6].c1cc[cH-]c1. The summed E-state index contributed by atoms with van der Waals surface area (Å²) < 4.78 is 50.7. The summed E-state index contributed by atoms with van der Waals surface area (Å²) in [6.07, 6.45) is -4.26. The number of halogens is 3. The summed E-state index contributed by atoms with van der Waals surface area (Å²) in [5.74, 6) is 0. The zero-order valence-electron chi connectivity index (χ0n) is 10.4. The van der Waals surface area contributed by atoms with Crippen LogP contribution in [-0.2, 0) is 45.2 Å². The summed E-state index contributed by atoms with van der Waals surface area (Å²) in [5.41, 5.74) is -0.661. The predicted octanol–water partition coefficient (Wildman–Crippen LogP) is 3.94. The van der Waals surface area contributed by atoms with Crippen LogP contribution >= 0.6 is 0 Å². The Balaban J connectivity index is -0.000000273. The fraction of sp³-hybridized carbons (Fsp3) is 0.0714. The molecule has 0 spiro atoms. The Bertz CT molecular complexity index is 453. The van der Waals surface area contributed by atoms with Gasteiger partial charge in [-0.15, -0.1) is 0 Å². The van der Waals surface area contributed by atoms with E-state index < -0.39 is 11.7 Å². The van der Waals surface area contributed by atoms with Crippen molar-refractivity contribution in [1.29, 1.82) is 0 Å². The van der Waals surface area contributed by atoms with E-state index in [1.54, 1.807) is 0 Å². The molecule has 0 unspecified atom stereocenters. The number of alkyl halides is 3. The molecule has 21 heavy (non-hydrogen) atoms. The van der Waals surface area contributed by atoms with Crippen LogP contribution in [0.25, 0.3) is 0 Å². The largest absolute Gasteiger partial charge is 6.00 e. The summed E-state index contributed by atoms with van der Waals surface area (Å²) in [4.78, 5) is 0.415. The Kier molecular flexibility index (Phi) is 17.5. The van der Waals surface area contributed by atoms with E-state index in [1.807, 2.05) is 30.3 Å². The van der Waals surface area contributed by atoms with Gasteiger partial charge < -0.3 is 12.6 Å². The molecule has 2 aromatic rings. The Morgan fingerprint density at radius 1 is 0.905 bits per heavy atom. The zero-order valence-corrected chi connectivity index (χ0v) is 12.3. The zero-order chi connectivity index (χ0) is 16.0. The fourth-order valence-electron chi connectivity index (χ4n) is 0.965. The van der Waals surface area contributed by atoms with Crippen LogP contribution in [0, 0.1) is 13.3 Å². The van der Waals surface area contributed by atoms with E-state index in [0.29, 0.717) is 4.90 Å². The molecular formula is C14H9F3FeO2S+4. The molecule has 0 aromatic heterocycles. The Morgan fingerprint density at radius 2 is 1.29 bits per heavy atom. The van der Waals surface area contributed by atoms with Crippen molar-refractivity contribution in [2.45, 2.75) is 11.1 Å². The van der Waals surface area contributed by atoms with Crippen LogP contribution in [0.2, 0.25) is 0 Å². The number of benzene rings is 1. The Hall–Kier alpha value is -1.42. The van der Waals surface area contributed by atoms with Crippen LogP contribution in [0.5, 0.6) is 0 Å². The van der Waals surface area contributed by atoms with Crippen molar-refractivity contribution in [3.05, 3.63) is 73.5 Å². The van der Waals surface area contributed by atoms with Crippen LogP contribution in [0.4, 0.5) is 13.2 Å². The van der Waals surface area contributed by atoms with Crippen molar-refractivity contribution in [3.63, 3.8) is 0 Å². The fourth-order valence-corrected chi connectivity index (χ4v) is 1.10. The van der Waals surface area contributed by atoms with Crippen molar-refractivity contribution in [1.82, 2.24) is 0 Å². The second-order valence-electron chi connectivity index (χ2n) is 2.98. The van der Waals surface area contributed by atoms with Crippen LogP contribution < -0.4 is 0 Å². The van der Waals surface area contributed by atoms with Crippen molar-refractivity contribution < 1.29 is 39.5 Å². The summed E-state index contributed by atoms with van der Waals surface area (Å²) in [6, 6.07) is 14.5. The maximum Gasteiger partial charge on any atom is 6.00 e. The first-order chi connectivity index (χ1) is 9.50. The molecule has 0 N–H and O–H groups in total. The molecule has 0 saturated heterocycles. The van der Waals surface area contributed by atoms with Crippen LogP contribution in [0.15, 0.2) is 59.5 Å². The van der Waals surface area contributed by atoms with Gasteiger partial charge in [0.15, 0.2) is 0 Å². The van der Waals surface area contributed by atoms with E-state index in [4.69, 9.17) is 9.30 Å². The van der Waals surface area contributed by atoms with Gasteiger partial charge in [-0.1, -0.05) is 24.3 Å². The van der Waals surface area contributed by atoms with Crippen LogP contribution in [0.1, 0.15) is 5.56 Å². The van der Waals surface area contributed by atoms with Crippen LogP contribution in [0.3, 0.4) is 0 Å². The minimum absolute atomic E-state index is 0. The van der Waals surface area contributed by atoms with Crippen LogP contribution in [-0.4, -0.2) is 0 Å². The normalized spacial score (nSPS) is 8.14. The Labute approximate surface area is 137 Å². The maximum absolute atomic E-state index is 11.9. The first-order valence-corrected chi connectivity index (χ1v) is 5.33. The first kappa shape index (κ1) is 24.6. The number of hydrogen-bond donors (Lipinski definition) is 0. The van der Waals surface area contributed by atoms with Gasteiger partial charge in [0, 0.05) is 0 Å². The predicted molar refractivity (Wildman–Crippen MR) is 67.0 cm³/mol. The van der Waals surface area contributed by atoms with E-state index in [9.17, 15) is 13.2 Å². The van der Waals surface area contributed by atoms with Crippen molar-refractivity contribution in [2.24, 2.45) is 0 Å². The third kappa shape index (κ3) is 13.3. The quantitative estimate of drug-likeness (QED) is 0.306. The van der Waals surface area contributed by atoms with Crippen molar-refractivity contribution >= 4 is 12.6 Å². The van der Waals surface area contributed by atoms with Crippen molar-refractivity contribution in [3.8, 4) is 0 Å². The molecule has 0 atom stereocenters. The second kappa shape index (κ2) is 15.0. The third-order valence-electron chi connectivity index (χ3n) is 1.74. The number of hydrogen-bond acceptors (Lipinski definition) is 1. The molecule has 7 heteroatoms. The van der Waals surface area contributed by atoms with E-state index in [-0.39, 0.29) is 17.1 Å². The molecule has 0 fully saturated rings. The third-order valence-corrected chi connectivity index (χ3v) is 2.01. The van der Waals surface area contributed by atoms with E-state index >= 15 is 0 Å². The van der Waals surface area contributed by atoms with Crippen molar-refractivity contribution in [2.75, 3.05) is 0 Å². The van der Waals surface area contributed by atoms with Gasteiger partial charge in [-0.05, 0) is 0 Å². The molecule has 2 aromatic carbocycles. The average Bonchev–Trinajstić information content (AvgIpc) is 3.02. The van der Waals surface area contributed by atoms with Gasteiger partial charge in [0.2, 0.25) is 0 Å².